The van der Waals surface area contributed by atoms with Gasteiger partial charge in [-0.25, -0.2) is 0 Å². The standard InChI is InChI=1S/C13H24N2/c1-11-7-12(11)8-15-6-2-3-13(10-15)4-5-14-9-13/h11-12,14H,2-10H2,1H3. The molecule has 3 fully saturated rings. The van der Waals surface area contributed by atoms with Gasteiger partial charge >= 0.3 is 0 Å². The Morgan fingerprint density at radius 3 is 2.93 bits per heavy atom. The fourth-order valence-electron chi connectivity index (χ4n) is 3.59. The molecule has 0 aromatic rings. The molecule has 2 aliphatic heterocycles. The fourth-order valence-corrected chi connectivity index (χ4v) is 3.59. The summed E-state index contributed by atoms with van der Waals surface area (Å²) in [5, 5.41) is 3.55. The fraction of sp³-hybridized carbons (Fsp3) is 1.00. The van der Waals surface area contributed by atoms with Crippen LogP contribution in [0, 0.1) is 17.3 Å². The number of piperidine rings is 1. The van der Waals surface area contributed by atoms with Gasteiger partial charge in [-0.15, -0.1) is 0 Å². The molecule has 2 heteroatoms. The van der Waals surface area contributed by atoms with Crippen LogP contribution in [0.15, 0.2) is 0 Å². The predicted molar refractivity (Wildman–Crippen MR) is 62.9 cm³/mol. The lowest BCUT2D eigenvalue weighted by Crippen LogP contribution is -2.45. The molecular weight excluding hydrogens is 184 g/mol. The van der Waals surface area contributed by atoms with Crippen LogP contribution < -0.4 is 5.32 Å². The summed E-state index contributed by atoms with van der Waals surface area (Å²) in [5.74, 6) is 2.05. The Bertz CT molecular complexity index is 233. The molecule has 1 spiro atoms. The molecule has 1 aliphatic carbocycles. The van der Waals surface area contributed by atoms with E-state index in [9.17, 15) is 0 Å². The molecule has 0 aromatic carbocycles. The zero-order chi connectivity index (χ0) is 10.3. The molecular formula is C13H24N2. The molecule has 1 N–H and O–H groups in total. The van der Waals surface area contributed by atoms with Gasteiger partial charge in [-0.3, -0.25) is 0 Å². The molecule has 15 heavy (non-hydrogen) atoms. The first-order valence-corrected chi connectivity index (χ1v) is 6.71. The summed E-state index contributed by atoms with van der Waals surface area (Å²) >= 11 is 0. The van der Waals surface area contributed by atoms with Gasteiger partial charge in [-0.2, -0.15) is 0 Å². The second kappa shape index (κ2) is 3.74. The molecule has 0 aromatic heterocycles. The van der Waals surface area contributed by atoms with Crippen LogP contribution >= 0.6 is 0 Å². The number of likely N-dealkylation sites (tertiary alicyclic amines) is 1. The quantitative estimate of drug-likeness (QED) is 0.743. The van der Waals surface area contributed by atoms with Crippen molar-refractivity contribution in [2.75, 3.05) is 32.7 Å². The highest BCUT2D eigenvalue weighted by atomic mass is 15.2. The summed E-state index contributed by atoms with van der Waals surface area (Å²) < 4.78 is 0. The second-order valence-corrected chi connectivity index (χ2v) is 6.24. The number of hydrogen-bond donors (Lipinski definition) is 1. The second-order valence-electron chi connectivity index (χ2n) is 6.24. The first-order chi connectivity index (χ1) is 7.27. The van der Waals surface area contributed by atoms with E-state index in [2.05, 4.69) is 17.1 Å². The topological polar surface area (TPSA) is 15.3 Å². The van der Waals surface area contributed by atoms with Crippen molar-refractivity contribution >= 4 is 0 Å². The molecule has 0 amide bonds. The van der Waals surface area contributed by atoms with Gasteiger partial charge in [0.25, 0.3) is 0 Å². The van der Waals surface area contributed by atoms with Crippen LogP contribution in [0.3, 0.4) is 0 Å². The highest BCUT2D eigenvalue weighted by molar-refractivity contribution is 4.95. The van der Waals surface area contributed by atoms with Crippen LogP contribution in [0.4, 0.5) is 0 Å². The zero-order valence-electron chi connectivity index (χ0n) is 9.97. The highest BCUT2D eigenvalue weighted by Gasteiger charge is 2.40. The molecule has 3 rings (SSSR count). The van der Waals surface area contributed by atoms with Gasteiger partial charge in [0.2, 0.25) is 0 Å². The third kappa shape index (κ3) is 2.07. The van der Waals surface area contributed by atoms with Crippen LogP contribution in [0.1, 0.15) is 32.6 Å². The molecule has 0 radical (unpaired) electrons. The van der Waals surface area contributed by atoms with Crippen LogP contribution in [0.2, 0.25) is 0 Å². The third-order valence-electron chi connectivity index (χ3n) is 4.84. The van der Waals surface area contributed by atoms with E-state index in [1.165, 1.54) is 58.4 Å². The number of nitrogens with zero attached hydrogens (tertiary/aromatic N) is 1. The largest absolute Gasteiger partial charge is 0.316 e. The smallest absolute Gasteiger partial charge is 0.00507 e. The SMILES string of the molecule is CC1CC1CN1CCCC2(CCNC2)C1. The number of rotatable bonds is 2. The van der Waals surface area contributed by atoms with Gasteiger partial charge in [0.05, 0.1) is 0 Å². The van der Waals surface area contributed by atoms with Crippen LogP contribution in [0.5, 0.6) is 0 Å². The van der Waals surface area contributed by atoms with E-state index in [-0.39, 0.29) is 0 Å². The van der Waals surface area contributed by atoms with Crippen molar-refractivity contribution < 1.29 is 0 Å². The van der Waals surface area contributed by atoms with Gasteiger partial charge in [0, 0.05) is 19.6 Å². The van der Waals surface area contributed by atoms with Crippen molar-refractivity contribution in [2.45, 2.75) is 32.6 Å². The van der Waals surface area contributed by atoms with Crippen LogP contribution in [-0.2, 0) is 0 Å². The van der Waals surface area contributed by atoms with Crippen molar-refractivity contribution in [3.63, 3.8) is 0 Å². The maximum Gasteiger partial charge on any atom is 0.00507 e. The van der Waals surface area contributed by atoms with E-state index < -0.39 is 0 Å². The lowest BCUT2D eigenvalue weighted by atomic mass is 9.79. The Morgan fingerprint density at radius 1 is 1.40 bits per heavy atom. The minimum atomic E-state index is 0.663. The normalized spacial score (nSPS) is 46.2. The molecule has 2 saturated heterocycles. The minimum absolute atomic E-state index is 0.663. The Balaban J connectivity index is 1.56. The maximum atomic E-state index is 3.55. The van der Waals surface area contributed by atoms with E-state index in [0.29, 0.717) is 5.41 Å². The molecule has 3 unspecified atom stereocenters. The van der Waals surface area contributed by atoms with E-state index in [0.717, 1.165) is 11.8 Å². The summed E-state index contributed by atoms with van der Waals surface area (Å²) in [6, 6.07) is 0. The molecule has 0 bridgehead atoms. The molecule has 2 heterocycles. The molecule has 2 nitrogen and oxygen atoms in total. The summed E-state index contributed by atoms with van der Waals surface area (Å²) in [6.07, 6.45) is 5.81. The first-order valence-electron chi connectivity index (χ1n) is 6.71. The van der Waals surface area contributed by atoms with Crippen LogP contribution in [-0.4, -0.2) is 37.6 Å². The molecule has 3 aliphatic rings. The van der Waals surface area contributed by atoms with Gasteiger partial charge in [0.15, 0.2) is 0 Å². The maximum absolute atomic E-state index is 3.55. The molecule has 3 atom stereocenters. The van der Waals surface area contributed by atoms with E-state index in [1.807, 2.05) is 0 Å². The summed E-state index contributed by atoms with van der Waals surface area (Å²) in [7, 11) is 0. The minimum Gasteiger partial charge on any atom is -0.316 e. The van der Waals surface area contributed by atoms with Crippen molar-refractivity contribution in [2.24, 2.45) is 17.3 Å². The Morgan fingerprint density at radius 2 is 2.27 bits per heavy atom. The van der Waals surface area contributed by atoms with Crippen molar-refractivity contribution in [3.05, 3.63) is 0 Å². The Labute approximate surface area is 93.4 Å². The number of nitrogens with one attached hydrogen (secondary N) is 1. The van der Waals surface area contributed by atoms with Crippen molar-refractivity contribution in [1.82, 2.24) is 10.2 Å². The summed E-state index contributed by atoms with van der Waals surface area (Å²) in [5.41, 5.74) is 0.663. The van der Waals surface area contributed by atoms with Crippen molar-refractivity contribution in [3.8, 4) is 0 Å². The molecule has 86 valence electrons. The predicted octanol–water partition coefficient (Wildman–Crippen LogP) is 1.72. The summed E-state index contributed by atoms with van der Waals surface area (Å²) in [6.45, 7) is 9.08. The van der Waals surface area contributed by atoms with Gasteiger partial charge < -0.3 is 10.2 Å². The zero-order valence-corrected chi connectivity index (χ0v) is 9.97. The lowest BCUT2D eigenvalue weighted by Gasteiger charge is -2.40. The van der Waals surface area contributed by atoms with E-state index in [4.69, 9.17) is 0 Å². The van der Waals surface area contributed by atoms with Gasteiger partial charge in [-0.05, 0) is 56.0 Å². The highest BCUT2D eigenvalue weighted by Crippen LogP contribution is 2.41. The number of hydrogen-bond acceptors (Lipinski definition) is 2. The van der Waals surface area contributed by atoms with E-state index in [1.54, 1.807) is 0 Å². The van der Waals surface area contributed by atoms with E-state index >= 15 is 0 Å². The summed E-state index contributed by atoms with van der Waals surface area (Å²) in [4.78, 5) is 2.75. The lowest BCUT2D eigenvalue weighted by molar-refractivity contribution is 0.0985. The average Bonchev–Trinajstić information content (AvgIpc) is 2.74. The Hall–Kier alpha value is -0.0800. The van der Waals surface area contributed by atoms with Gasteiger partial charge in [-0.1, -0.05) is 6.92 Å². The van der Waals surface area contributed by atoms with Gasteiger partial charge in [0.1, 0.15) is 0 Å². The van der Waals surface area contributed by atoms with Crippen molar-refractivity contribution in [1.29, 1.82) is 0 Å². The average molecular weight is 208 g/mol. The molecule has 1 saturated carbocycles. The van der Waals surface area contributed by atoms with Crippen LogP contribution in [0.25, 0.3) is 0 Å². The first kappa shape index (κ1) is 10.1. The Kier molecular flexibility index (Phi) is 2.52. The third-order valence-corrected chi connectivity index (χ3v) is 4.84. The monoisotopic (exact) mass is 208 g/mol.